The minimum atomic E-state index is -1.09. The monoisotopic (exact) mass is 1490 g/mol. The number of alkyl carbamates (subject to hydrolysis) is 1. The van der Waals surface area contributed by atoms with Crippen LogP contribution in [-0.4, -0.2) is 69.2 Å². The number of amides is 2. The van der Waals surface area contributed by atoms with Gasteiger partial charge in [-0.3, -0.25) is 4.79 Å². The molecule has 0 saturated carbocycles. The zero-order valence-electron chi connectivity index (χ0n) is 65.7. The number of carbonyl (C=O) groups is 3. The fraction of sp³-hybridized carbons (Fsp3) is 0.440. The number of ether oxygens (including phenoxy) is 13. The van der Waals surface area contributed by atoms with Gasteiger partial charge in [-0.2, -0.15) is 0 Å². The Labute approximate surface area is 647 Å². The van der Waals surface area contributed by atoms with Crippen LogP contribution in [0.3, 0.4) is 0 Å². The molecule has 0 aliphatic rings. The lowest BCUT2D eigenvalue weighted by molar-refractivity contribution is -0.144. The summed E-state index contributed by atoms with van der Waals surface area (Å²) in [6.07, 6.45) is 17.5. The predicted molar refractivity (Wildman–Crippen MR) is 427 cm³/mol. The van der Waals surface area contributed by atoms with Crippen LogP contribution in [0.15, 0.2) is 176 Å². The molecule has 0 bridgehead atoms. The van der Waals surface area contributed by atoms with E-state index in [1.54, 1.807) is 32.9 Å². The first-order valence-electron chi connectivity index (χ1n) is 39.2. The average Bonchev–Trinajstić information content (AvgIpc) is 0.819. The maximum atomic E-state index is 13.6. The van der Waals surface area contributed by atoms with Crippen LogP contribution in [0.25, 0.3) is 0 Å². The van der Waals surface area contributed by atoms with Gasteiger partial charge in [0.1, 0.15) is 104 Å². The minimum absolute atomic E-state index is 0.0754. The summed E-state index contributed by atoms with van der Waals surface area (Å²) in [6, 6.07) is 54.6. The Hall–Kier alpha value is -10.2. The number of carbonyl (C=O) groups excluding carboxylic acids is 3. The first-order chi connectivity index (χ1) is 53.0. The minimum Gasteiger partial charge on any atom is -0.494 e. The number of benzene rings is 8. The maximum Gasteiger partial charge on any atom is 0.408 e. The molecular weight excluding hydrogens is 1380 g/mol. The lowest BCUT2D eigenvalue weighted by atomic mass is 10.0. The fourth-order valence-corrected chi connectivity index (χ4v) is 11.5. The summed E-state index contributed by atoms with van der Waals surface area (Å²) in [5.74, 6) is 5.92. The third kappa shape index (κ3) is 31.9. The van der Waals surface area contributed by atoms with Gasteiger partial charge in [-0.05, 0) is 195 Å². The van der Waals surface area contributed by atoms with Gasteiger partial charge in [-0.1, -0.05) is 178 Å². The van der Waals surface area contributed by atoms with Crippen molar-refractivity contribution in [2.75, 3.05) is 33.5 Å². The van der Waals surface area contributed by atoms with Crippen LogP contribution in [0, 0.1) is 0 Å². The van der Waals surface area contributed by atoms with E-state index in [4.69, 9.17) is 61.6 Å². The molecule has 8 aromatic rings. The van der Waals surface area contributed by atoms with Gasteiger partial charge in [0.25, 0.3) is 0 Å². The molecule has 2 unspecified atom stereocenters. The topological polar surface area (TPSA) is 195 Å². The quantitative estimate of drug-likeness (QED) is 0.0270. The first-order valence-corrected chi connectivity index (χ1v) is 39.2. The molecule has 2 amide bonds. The van der Waals surface area contributed by atoms with Crippen LogP contribution in [0.5, 0.6) is 63.2 Å². The molecule has 2 N–H and O–H groups in total. The van der Waals surface area contributed by atoms with Crippen molar-refractivity contribution in [2.45, 2.75) is 228 Å². The Morgan fingerprint density at radius 1 is 0.321 bits per heavy atom. The SMILES string of the molecule is CCCCCCOc1ccc(COc2ccc(COc3cc(COc4ccc(CC(NC(=O)OC(C)(C)C)C(=O)NC(C)C(=O)OC)cc4)cc(OCc4ccc(OCc5ccc(OCCCCCC)cc5)c(OCc5ccc(OCCCCCC)cc5)c4)c3)cc2OCc2ccc(OCCCCCC)cc2)cc1. The van der Waals surface area contributed by atoms with Gasteiger partial charge in [0.15, 0.2) is 23.0 Å². The summed E-state index contributed by atoms with van der Waals surface area (Å²) in [4.78, 5) is 38.9. The lowest BCUT2D eigenvalue weighted by Gasteiger charge is -2.24. The fourth-order valence-electron chi connectivity index (χ4n) is 11.5. The Bertz CT molecular complexity index is 3740. The van der Waals surface area contributed by atoms with Crippen molar-refractivity contribution in [3.63, 3.8) is 0 Å². The highest BCUT2D eigenvalue weighted by molar-refractivity contribution is 5.89. The second-order valence-corrected chi connectivity index (χ2v) is 28.4. The van der Waals surface area contributed by atoms with Gasteiger partial charge in [0.2, 0.25) is 5.91 Å². The third-order valence-electron chi connectivity index (χ3n) is 17.8. The largest absolute Gasteiger partial charge is 0.494 e. The summed E-state index contributed by atoms with van der Waals surface area (Å²) in [5, 5.41) is 5.31. The van der Waals surface area contributed by atoms with Crippen molar-refractivity contribution in [1.29, 1.82) is 0 Å². The molecule has 18 heteroatoms. The molecule has 0 fully saturated rings. The van der Waals surface area contributed by atoms with Crippen LogP contribution in [0.2, 0.25) is 0 Å². The number of unbranched alkanes of at least 4 members (excludes halogenated alkanes) is 12. The Morgan fingerprint density at radius 2 is 0.633 bits per heavy atom. The highest BCUT2D eigenvalue weighted by Gasteiger charge is 2.28. The average molecular weight is 1490 g/mol. The molecule has 586 valence electrons. The highest BCUT2D eigenvalue weighted by Crippen LogP contribution is 2.35. The maximum absolute atomic E-state index is 13.6. The lowest BCUT2D eigenvalue weighted by Crippen LogP contribution is -2.52. The summed E-state index contributed by atoms with van der Waals surface area (Å²) in [5.41, 5.74) is 6.19. The standard InChI is InChI=1S/C91H116N2O16/c1-10-14-18-22-50-98-76-40-28-69(29-41-76)60-105-84-48-36-73(57-86(84)107-62-71-32-44-78(45-33-71)100-52-24-20-16-12-3)64-103-81-54-75(66-102-80-38-26-68(27-39-80)56-83(93-90(96)109-91(6,7)8)88(94)92-67(5)89(95)97-9)55-82(59-81)104-65-74-37-49-85(106-61-70-30-42-77(43-31-70)99-51-23-19-15-11-2)87(58-74)108-63-72-34-46-79(47-35-72)101-53-25-21-17-13-4/h26-49,54-55,57-59,67,83H,10-25,50-53,56,60-66H2,1-9H3,(H,92,94)(H,93,96). The molecule has 8 aromatic carbocycles. The zero-order valence-corrected chi connectivity index (χ0v) is 65.7. The van der Waals surface area contributed by atoms with Crippen molar-refractivity contribution in [2.24, 2.45) is 0 Å². The number of hydrogen-bond donors (Lipinski definition) is 2. The van der Waals surface area contributed by atoms with E-state index >= 15 is 0 Å². The second-order valence-electron chi connectivity index (χ2n) is 28.4. The molecule has 0 aromatic heterocycles. The van der Waals surface area contributed by atoms with E-state index in [0.717, 1.165) is 113 Å². The molecule has 2 atom stereocenters. The van der Waals surface area contributed by atoms with Crippen LogP contribution >= 0.6 is 0 Å². The van der Waals surface area contributed by atoms with Gasteiger partial charge in [0.05, 0.1) is 33.5 Å². The number of hydrogen-bond acceptors (Lipinski definition) is 16. The van der Waals surface area contributed by atoms with E-state index in [9.17, 15) is 14.4 Å². The highest BCUT2D eigenvalue weighted by atomic mass is 16.6. The molecule has 0 spiro atoms. The van der Waals surface area contributed by atoms with Gasteiger partial charge in [-0.25, -0.2) is 9.59 Å². The van der Waals surface area contributed by atoms with Crippen molar-refractivity contribution in [3.8, 4) is 63.2 Å². The molecule has 0 saturated heterocycles. The molecule has 0 aliphatic heterocycles. The van der Waals surface area contributed by atoms with E-state index < -0.39 is 35.7 Å². The zero-order chi connectivity index (χ0) is 77.3. The third-order valence-corrected chi connectivity index (χ3v) is 17.8. The van der Waals surface area contributed by atoms with Crippen LogP contribution < -0.4 is 62.7 Å². The Morgan fingerprint density at radius 3 is 0.982 bits per heavy atom. The summed E-state index contributed by atoms with van der Waals surface area (Å²) in [6.45, 7) is 19.8. The summed E-state index contributed by atoms with van der Waals surface area (Å²) >= 11 is 0. The number of rotatable bonds is 51. The second kappa shape index (κ2) is 46.9. The van der Waals surface area contributed by atoms with Gasteiger partial charge in [0, 0.05) is 12.5 Å². The Kier molecular flexibility index (Phi) is 36.3. The van der Waals surface area contributed by atoms with Crippen molar-refractivity contribution in [1.82, 2.24) is 10.6 Å². The van der Waals surface area contributed by atoms with E-state index in [0.29, 0.717) is 85.5 Å². The first kappa shape index (κ1) is 84.4. The number of esters is 1. The Balaban J connectivity index is 1.03. The molecule has 18 nitrogen and oxygen atoms in total. The predicted octanol–water partition coefficient (Wildman–Crippen LogP) is 20.7. The van der Waals surface area contributed by atoms with Crippen LogP contribution in [-0.2, 0) is 71.7 Å². The van der Waals surface area contributed by atoms with E-state index in [1.165, 1.54) is 65.4 Å². The molecule has 0 heterocycles. The van der Waals surface area contributed by atoms with Crippen molar-refractivity contribution < 1.29 is 76.0 Å². The van der Waals surface area contributed by atoms with Crippen LogP contribution in [0.1, 0.15) is 203 Å². The molecule has 8 rings (SSSR count). The molecular formula is C91H116N2O16. The molecule has 0 radical (unpaired) electrons. The van der Waals surface area contributed by atoms with Crippen molar-refractivity contribution >= 4 is 18.0 Å². The van der Waals surface area contributed by atoms with E-state index in [2.05, 4.69) is 38.3 Å². The normalized spacial score (nSPS) is 11.7. The molecule has 0 aliphatic carbocycles. The van der Waals surface area contributed by atoms with Crippen molar-refractivity contribution in [3.05, 3.63) is 220 Å². The number of methoxy groups -OCH3 is 1. The number of nitrogens with one attached hydrogen (secondary N) is 2. The van der Waals surface area contributed by atoms with E-state index in [1.807, 2.05) is 164 Å². The van der Waals surface area contributed by atoms with Crippen LogP contribution in [0.4, 0.5) is 4.79 Å². The molecule has 109 heavy (non-hydrogen) atoms. The van der Waals surface area contributed by atoms with Gasteiger partial charge >= 0.3 is 12.1 Å². The summed E-state index contributed by atoms with van der Waals surface area (Å²) < 4.78 is 80.6. The summed E-state index contributed by atoms with van der Waals surface area (Å²) in [7, 11) is 1.24. The van der Waals surface area contributed by atoms with Gasteiger partial charge < -0.3 is 72.2 Å². The van der Waals surface area contributed by atoms with E-state index in [-0.39, 0.29) is 39.5 Å². The van der Waals surface area contributed by atoms with Gasteiger partial charge in [-0.15, -0.1) is 0 Å². The smallest absolute Gasteiger partial charge is 0.408 e.